The van der Waals surface area contributed by atoms with E-state index >= 15 is 0 Å². The molecule has 3 fully saturated rings. The average molecular weight is 208 g/mol. The van der Waals surface area contributed by atoms with Crippen molar-refractivity contribution in [2.24, 2.45) is 23.5 Å². The fourth-order valence-electron chi connectivity index (χ4n) is 4.07. The molecule has 2 N–H and O–H groups in total. The van der Waals surface area contributed by atoms with E-state index in [1.807, 2.05) is 0 Å². The topological polar surface area (TPSA) is 29.3 Å². The molecule has 0 aromatic carbocycles. The second-order valence-electron chi connectivity index (χ2n) is 6.07. The number of rotatable bonds is 2. The van der Waals surface area contributed by atoms with Crippen molar-refractivity contribution in [3.63, 3.8) is 0 Å². The number of nitrogens with two attached hydrogens (primary N) is 1. The lowest BCUT2D eigenvalue weighted by Gasteiger charge is -2.34. The van der Waals surface area contributed by atoms with Crippen LogP contribution in [0.25, 0.3) is 0 Å². The van der Waals surface area contributed by atoms with E-state index in [1.165, 1.54) is 51.7 Å². The molecule has 3 rings (SSSR count). The van der Waals surface area contributed by atoms with Gasteiger partial charge in [0.05, 0.1) is 0 Å². The van der Waals surface area contributed by atoms with Gasteiger partial charge < -0.3 is 10.6 Å². The Morgan fingerprint density at radius 1 is 1.00 bits per heavy atom. The van der Waals surface area contributed by atoms with Gasteiger partial charge in [0, 0.05) is 12.6 Å². The van der Waals surface area contributed by atoms with Crippen LogP contribution in [0.15, 0.2) is 0 Å². The van der Waals surface area contributed by atoms with Crippen LogP contribution in [0.2, 0.25) is 0 Å². The number of nitrogens with zero attached hydrogens (tertiary/aromatic N) is 1. The first-order valence-corrected chi connectivity index (χ1v) is 6.79. The van der Waals surface area contributed by atoms with Gasteiger partial charge in [-0.3, -0.25) is 0 Å². The van der Waals surface area contributed by atoms with Crippen molar-refractivity contribution in [1.29, 1.82) is 0 Å². The lowest BCUT2D eigenvalue weighted by atomic mass is 9.88. The van der Waals surface area contributed by atoms with Gasteiger partial charge in [-0.2, -0.15) is 0 Å². The third kappa shape index (κ3) is 2.07. The van der Waals surface area contributed by atoms with Crippen LogP contribution in [-0.2, 0) is 0 Å². The van der Waals surface area contributed by atoms with Gasteiger partial charge in [0.1, 0.15) is 0 Å². The molecule has 0 aromatic heterocycles. The van der Waals surface area contributed by atoms with E-state index in [0.717, 1.165) is 17.8 Å². The van der Waals surface area contributed by atoms with E-state index in [-0.39, 0.29) is 0 Å². The van der Waals surface area contributed by atoms with E-state index in [4.69, 9.17) is 5.73 Å². The summed E-state index contributed by atoms with van der Waals surface area (Å²) in [4.78, 5) is 2.68. The highest BCUT2D eigenvalue weighted by Gasteiger charge is 2.40. The Morgan fingerprint density at radius 2 is 1.80 bits per heavy atom. The summed E-state index contributed by atoms with van der Waals surface area (Å²) in [6.45, 7) is 3.90. The van der Waals surface area contributed by atoms with Crippen molar-refractivity contribution < 1.29 is 0 Å². The molecular weight excluding hydrogens is 184 g/mol. The molecule has 2 heteroatoms. The third-order valence-electron chi connectivity index (χ3n) is 5.01. The maximum atomic E-state index is 5.94. The van der Waals surface area contributed by atoms with Crippen LogP contribution < -0.4 is 5.73 Å². The van der Waals surface area contributed by atoms with Crippen LogP contribution in [0, 0.1) is 17.8 Å². The molecule has 0 amide bonds. The molecule has 3 unspecified atom stereocenters. The monoisotopic (exact) mass is 208 g/mol. The largest absolute Gasteiger partial charge is 0.328 e. The summed E-state index contributed by atoms with van der Waals surface area (Å²) in [7, 11) is 0. The fourth-order valence-corrected chi connectivity index (χ4v) is 4.07. The molecule has 0 radical (unpaired) electrons. The van der Waals surface area contributed by atoms with Gasteiger partial charge in [-0.15, -0.1) is 0 Å². The summed E-state index contributed by atoms with van der Waals surface area (Å²) in [5.74, 6) is 3.23. The van der Waals surface area contributed by atoms with Crippen LogP contribution in [0.5, 0.6) is 0 Å². The first-order valence-electron chi connectivity index (χ1n) is 6.79. The molecule has 3 atom stereocenters. The lowest BCUT2D eigenvalue weighted by molar-refractivity contribution is 0.157. The second kappa shape index (κ2) is 4.06. The van der Waals surface area contributed by atoms with Crippen molar-refractivity contribution in [3.8, 4) is 0 Å². The number of likely N-dealkylation sites (tertiary alicyclic amines) is 1. The summed E-state index contributed by atoms with van der Waals surface area (Å²) in [5.41, 5.74) is 5.94. The zero-order valence-corrected chi connectivity index (χ0v) is 9.70. The molecule has 1 aliphatic heterocycles. The Hall–Kier alpha value is -0.0800. The zero-order valence-electron chi connectivity index (χ0n) is 9.70. The maximum absolute atomic E-state index is 5.94. The number of piperidine rings is 1. The molecule has 2 saturated carbocycles. The molecule has 1 saturated heterocycles. The van der Waals surface area contributed by atoms with Crippen LogP contribution in [0.3, 0.4) is 0 Å². The fraction of sp³-hybridized carbons (Fsp3) is 1.00. The minimum absolute atomic E-state index is 0.487. The minimum atomic E-state index is 0.487. The Kier molecular flexibility index (Phi) is 2.73. The van der Waals surface area contributed by atoms with Crippen LogP contribution in [0.4, 0.5) is 0 Å². The van der Waals surface area contributed by atoms with Gasteiger partial charge >= 0.3 is 0 Å². The predicted molar refractivity (Wildman–Crippen MR) is 62.6 cm³/mol. The van der Waals surface area contributed by atoms with Crippen molar-refractivity contribution in [2.45, 2.75) is 44.6 Å². The van der Waals surface area contributed by atoms with Crippen molar-refractivity contribution in [2.75, 3.05) is 19.6 Å². The molecule has 15 heavy (non-hydrogen) atoms. The molecule has 3 aliphatic rings. The Morgan fingerprint density at radius 3 is 2.40 bits per heavy atom. The molecule has 2 bridgehead atoms. The summed E-state index contributed by atoms with van der Waals surface area (Å²) in [6, 6.07) is 0.487. The Bertz CT molecular complexity index is 221. The molecule has 2 aliphatic carbocycles. The van der Waals surface area contributed by atoms with Gasteiger partial charge in [-0.1, -0.05) is 6.42 Å². The Balaban J connectivity index is 1.49. The van der Waals surface area contributed by atoms with E-state index in [2.05, 4.69) is 4.90 Å². The normalized spacial score (nSPS) is 42.6. The molecule has 2 nitrogen and oxygen atoms in total. The van der Waals surface area contributed by atoms with E-state index in [9.17, 15) is 0 Å². The maximum Gasteiger partial charge on any atom is 0.00631 e. The number of hydrogen-bond acceptors (Lipinski definition) is 2. The highest BCUT2D eigenvalue weighted by molar-refractivity contribution is 4.91. The van der Waals surface area contributed by atoms with Crippen LogP contribution in [-0.4, -0.2) is 30.6 Å². The number of hydrogen-bond donors (Lipinski definition) is 1. The highest BCUT2D eigenvalue weighted by atomic mass is 15.1. The van der Waals surface area contributed by atoms with E-state index in [1.54, 1.807) is 6.42 Å². The average Bonchev–Trinajstić information content (AvgIpc) is 2.83. The quantitative estimate of drug-likeness (QED) is 0.750. The zero-order chi connectivity index (χ0) is 10.3. The first-order chi connectivity index (χ1) is 7.31. The van der Waals surface area contributed by atoms with Gasteiger partial charge in [0.15, 0.2) is 0 Å². The van der Waals surface area contributed by atoms with E-state index in [0.29, 0.717) is 6.04 Å². The molecule has 1 heterocycles. The second-order valence-corrected chi connectivity index (χ2v) is 6.07. The van der Waals surface area contributed by atoms with Crippen LogP contribution >= 0.6 is 0 Å². The smallest absolute Gasteiger partial charge is 0.00631 e. The van der Waals surface area contributed by atoms with Crippen LogP contribution in [0.1, 0.15) is 38.5 Å². The van der Waals surface area contributed by atoms with Crippen molar-refractivity contribution in [3.05, 3.63) is 0 Å². The summed E-state index contributed by atoms with van der Waals surface area (Å²) < 4.78 is 0. The van der Waals surface area contributed by atoms with Crippen molar-refractivity contribution >= 4 is 0 Å². The van der Waals surface area contributed by atoms with Crippen molar-refractivity contribution in [1.82, 2.24) is 4.90 Å². The SMILES string of the molecule is NC1CCN(CC2CC3CCC2C3)CC1. The molecule has 0 spiro atoms. The summed E-state index contributed by atoms with van der Waals surface area (Å²) >= 11 is 0. The Labute approximate surface area is 93.2 Å². The number of fused-ring (bicyclic) bond motifs is 2. The third-order valence-corrected chi connectivity index (χ3v) is 5.01. The standard InChI is InChI=1S/C13H24N2/c14-13-3-5-15(6-4-13)9-12-8-10-1-2-11(12)7-10/h10-13H,1-9,14H2. The molecule has 0 aromatic rings. The molecular formula is C13H24N2. The minimum Gasteiger partial charge on any atom is -0.328 e. The lowest BCUT2D eigenvalue weighted by Crippen LogP contribution is -2.42. The predicted octanol–water partition coefficient (Wildman–Crippen LogP) is 1.85. The highest BCUT2D eigenvalue weighted by Crippen LogP contribution is 2.48. The summed E-state index contributed by atoms with van der Waals surface area (Å²) in [6.07, 6.45) is 8.60. The van der Waals surface area contributed by atoms with E-state index < -0.39 is 0 Å². The first kappa shape index (κ1) is 10.1. The van der Waals surface area contributed by atoms with Gasteiger partial charge in [0.2, 0.25) is 0 Å². The van der Waals surface area contributed by atoms with Gasteiger partial charge in [-0.25, -0.2) is 0 Å². The van der Waals surface area contributed by atoms with Gasteiger partial charge in [-0.05, 0) is 62.9 Å². The summed E-state index contributed by atoms with van der Waals surface area (Å²) in [5, 5.41) is 0. The van der Waals surface area contributed by atoms with Gasteiger partial charge in [0.25, 0.3) is 0 Å². The molecule has 86 valence electrons.